The van der Waals surface area contributed by atoms with Gasteiger partial charge in [-0.3, -0.25) is 0 Å². The predicted octanol–water partition coefficient (Wildman–Crippen LogP) is 3.90. The third kappa shape index (κ3) is 2.90. The highest BCUT2D eigenvalue weighted by Crippen LogP contribution is 2.31. The zero-order valence-electron chi connectivity index (χ0n) is 11.3. The van der Waals surface area contributed by atoms with Crippen molar-refractivity contribution in [3.63, 3.8) is 0 Å². The SMILES string of the molecule is CC(C)(Cc1ccc(O)c(F)c1)c1ccc(O)c(F)c1. The van der Waals surface area contributed by atoms with Crippen LogP contribution in [0.5, 0.6) is 11.5 Å². The topological polar surface area (TPSA) is 40.5 Å². The van der Waals surface area contributed by atoms with Crippen LogP contribution in [0.1, 0.15) is 25.0 Å². The van der Waals surface area contributed by atoms with Gasteiger partial charge in [0.15, 0.2) is 23.1 Å². The van der Waals surface area contributed by atoms with E-state index in [9.17, 15) is 19.0 Å². The standard InChI is InChI=1S/C16H16F2O2/c1-16(2,11-4-6-15(20)13(18)8-11)9-10-3-5-14(19)12(17)7-10/h3-8,19-20H,9H2,1-2H3. The van der Waals surface area contributed by atoms with Crippen LogP contribution in [0.15, 0.2) is 36.4 Å². The van der Waals surface area contributed by atoms with Gasteiger partial charge in [-0.05, 0) is 47.2 Å². The second-order valence-corrected chi connectivity index (χ2v) is 5.51. The first-order valence-electron chi connectivity index (χ1n) is 6.26. The number of halogens is 2. The van der Waals surface area contributed by atoms with Gasteiger partial charge in [-0.25, -0.2) is 8.78 Å². The Hall–Kier alpha value is -2.10. The van der Waals surface area contributed by atoms with Gasteiger partial charge < -0.3 is 10.2 Å². The maximum absolute atomic E-state index is 13.4. The van der Waals surface area contributed by atoms with E-state index in [1.807, 2.05) is 13.8 Å². The number of rotatable bonds is 3. The van der Waals surface area contributed by atoms with Crippen molar-refractivity contribution in [1.82, 2.24) is 0 Å². The van der Waals surface area contributed by atoms with Gasteiger partial charge in [-0.2, -0.15) is 0 Å². The molecule has 2 nitrogen and oxygen atoms in total. The first-order chi connectivity index (χ1) is 9.29. The van der Waals surface area contributed by atoms with Gasteiger partial charge in [0, 0.05) is 0 Å². The van der Waals surface area contributed by atoms with Crippen LogP contribution in [-0.4, -0.2) is 10.2 Å². The number of aromatic hydroxyl groups is 2. The Morgan fingerprint density at radius 3 is 2.00 bits per heavy atom. The number of hydrogen-bond acceptors (Lipinski definition) is 2. The van der Waals surface area contributed by atoms with E-state index < -0.39 is 17.0 Å². The molecule has 20 heavy (non-hydrogen) atoms. The first-order valence-corrected chi connectivity index (χ1v) is 6.26. The smallest absolute Gasteiger partial charge is 0.165 e. The minimum absolute atomic E-state index is 0.387. The molecule has 0 aromatic heterocycles. The van der Waals surface area contributed by atoms with Crippen molar-refractivity contribution in [3.8, 4) is 11.5 Å². The van der Waals surface area contributed by atoms with E-state index in [0.29, 0.717) is 17.5 Å². The summed E-state index contributed by atoms with van der Waals surface area (Å²) < 4.78 is 26.8. The van der Waals surface area contributed by atoms with Gasteiger partial charge in [-0.15, -0.1) is 0 Å². The van der Waals surface area contributed by atoms with Crippen LogP contribution in [0.25, 0.3) is 0 Å². The molecule has 0 heterocycles. The summed E-state index contributed by atoms with van der Waals surface area (Å²) in [6, 6.07) is 8.45. The average Bonchev–Trinajstić information content (AvgIpc) is 2.37. The molecule has 4 heteroatoms. The molecule has 0 saturated heterocycles. The van der Waals surface area contributed by atoms with Gasteiger partial charge in [0.05, 0.1) is 0 Å². The molecule has 0 bridgehead atoms. The molecule has 2 aromatic carbocycles. The molecule has 0 amide bonds. The summed E-state index contributed by atoms with van der Waals surface area (Å²) in [4.78, 5) is 0. The normalized spacial score (nSPS) is 11.6. The molecule has 0 radical (unpaired) electrons. The third-order valence-electron chi connectivity index (χ3n) is 3.39. The highest BCUT2D eigenvalue weighted by atomic mass is 19.1. The summed E-state index contributed by atoms with van der Waals surface area (Å²) in [6.45, 7) is 3.81. The minimum atomic E-state index is -0.674. The Bertz CT molecular complexity index is 636. The Labute approximate surface area is 116 Å². The Morgan fingerprint density at radius 2 is 1.45 bits per heavy atom. The maximum atomic E-state index is 13.4. The van der Waals surface area contributed by atoms with Crippen LogP contribution in [0.4, 0.5) is 8.78 Å². The Kier molecular flexibility index (Phi) is 3.66. The molecule has 0 aliphatic heterocycles. The summed E-state index contributed by atoms with van der Waals surface area (Å²) in [7, 11) is 0. The van der Waals surface area contributed by atoms with Crippen molar-refractivity contribution in [2.75, 3.05) is 0 Å². The van der Waals surface area contributed by atoms with Crippen LogP contribution in [0, 0.1) is 11.6 Å². The van der Waals surface area contributed by atoms with E-state index in [2.05, 4.69) is 0 Å². The van der Waals surface area contributed by atoms with E-state index >= 15 is 0 Å². The van der Waals surface area contributed by atoms with Crippen molar-refractivity contribution in [3.05, 3.63) is 59.2 Å². The van der Waals surface area contributed by atoms with Crippen LogP contribution in [0.2, 0.25) is 0 Å². The van der Waals surface area contributed by atoms with Crippen molar-refractivity contribution in [2.45, 2.75) is 25.7 Å². The maximum Gasteiger partial charge on any atom is 0.165 e. The fraction of sp³-hybridized carbons (Fsp3) is 0.250. The van der Waals surface area contributed by atoms with Crippen LogP contribution < -0.4 is 0 Å². The van der Waals surface area contributed by atoms with Crippen molar-refractivity contribution in [2.24, 2.45) is 0 Å². The van der Waals surface area contributed by atoms with Gasteiger partial charge in [0.25, 0.3) is 0 Å². The van der Waals surface area contributed by atoms with Gasteiger partial charge >= 0.3 is 0 Å². The average molecular weight is 278 g/mol. The molecule has 0 saturated carbocycles. The first kappa shape index (κ1) is 14.3. The van der Waals surface area contributed by atoms with Crippen molar-refractivity contribution < 1.29 is 19.0 Å². The largest absolute Gasteiger partial charge is 0.505 e. The van der Waals surface area contributed by atoms with Gasteiger partial charge in [-0.1, -0.05) is 26.0 Å². The molecule has 0 atom stereocenters. The predicted molar refractivity (Wildman–Crippen MR) is 72.9 cm³/mol. The summed E-state index contributed by atoms with van der Waals surface area (Å²) in [5, 5.41) is 18.4. The third-order valence-corrected chi connectivity index (χ3v) is 3.39. The molecular weight excluding hydrogens is 262 g/mol. The minimum Gasteiger partial charge on any atom is -0.505 e. The van der Waals surface area contributed by atoms with E-state index in [1.54, 1.807) is 12.1 Å². The quantitative estimate of drug-likeness (QED) is 0.894. The van der Waals surface area contributed by atoms with Crippen LogP contribution in [0.3, 0.4) is 0 Å². The highest BCUT2D eigenvalue weighted by molar-refractivity contribution is 5.35. The monoisotopic (exact) mass is 278 g/mol. The van der Waals surface area contributed by atoms with E-state index in [1.165, 1.54) is 24.3 Å². The van der Waals surface area contributed by atoms with Gasteiger partial charge in [0.1, 0.15) is 0 Å². The lowest BCUT2D eigenvalue weighted by atomic mass is 9.79. The lowest BCUT2D eigenvalue weighted by Crippen LogP contribution is -2.20. The Morgan fingerprint density at radius 1 is 0.900 bits per heavy atom. The summed E-state index contributed by atoms with van der Waals surface area (Å²) >= 11 is 0. The molecule has 2 N–H and O–H groups in total. The Balaban J connectivity index is 2.29. The molecule has 106 valence electrons. The molecule has 0 unspecified atom stereocenters. The molecule has 2 rings (SSSR count). The molecule has 0 spiro atoms. The second kappa shape index (κ2) is 5.12. The molecule has 2 aromatic rings. The zero-order chi connectivity index (χ0) is 14.9. The number of phenols is 2. The lowest BCUT2D eigenvalue weighted by Gasteiger charge is -2.25. The lowest BCUT2D eigenvalue weighted by molar-refractivity contribution is 0.426. The second-order valence-electron chi connectivity index (χ2n) is 5.51. The number of phenolic OH excluding ortho intramolecular Hbond substituents is 2. The van der Waals surface area contributed by atoms with Crippen LogP contribution >= 0.6 is 0 Å². The number of benzene rings is 2. The van der Waals surface area contributed by atoms with Crippen molar-refractivity contribution >= 4 is 0 Å². The van der Waals surface area contributed by atoms with E-state index in [4.69, 9.17) is 0 Å². The summed E-state index contributed by atoms with van der Waals surface area (Å²) in [6.07, 6.45) is 0.481. The van der Waals surface area contributed by atoms with E-state index in [0.717, 1.165) is 0 Å². The molecular formula is C16H16F2O2. The molecule has 0 fully saturated rings. The van der Waals surface area contributed by atoms with E-state index in [-0.39, 0.29) is 11.5 Å². The highest BCUT2D eigenvalue weighted by Gasteiger charge is 2.23. The number of hydrogen-bond donors (Lipinski definition) is 2. The fourth-order valence-corrected chi connectivity index (χ4v) is 2.20. The fourth-order valence-electron chi connectivity index (χ4n) is 2.20. The molecule has 0 aliphatic rings. The molecule has 0 aliphatic carbocycles. The van der Waals surface area contributed by atoms with Crippen LogP contribution in [-0.2, 0) is 11.8 Å². The summed E-state index contributed by atoms with van der Waals surface area (Å²) in [5.74, 6) is -2.12. The summed E-state index contributed by atoms with van der Waals surface area (Å²) in [5.41, 5.74) is 0.984. The van der Waals surface area contributed by atoms with Crippen molar-refractivity contribution in [1.29, 1.82) is 0 Å². The zero-order valence-corrected chi connectivity index (χ0v) is 11.3. The van der Waals surface area contributed by atoms with Gasteiger partial charge in [0.2, 0.25) is 0 Å².